The third kappa shape index (κ3) is 2.07. The van der Waals surface area contributed by atoms with Gasteiger partial charge in [0.05, 0.1) is 12.2 Å². The number of nitrogens with zero attached hydrogens (tertiary/aromatic N) is 1. The van der Waals surface area contributed by atoms with Crippen molar-refractivity contribution in [1.29, 1.82) is 0 Å². The molecule has 2 aromatic carbocycles. The number of carbonyl (C=O) groups excluding carboxylic acids is 1. The first-order valence-electron chi connectivity index (χ1n) is 6.22. The maximum absolute atomic E-state index is 13.9. The molecule has 1 aliphatic rings. The van der Waals surface area contributed by atoms with Crippen molar-refractivity contribution < 1.29 is 13.9 Å². The van der Waals surface area contributed by atoms with Gasteiger partial charge in [0.2, 0.25) is 0 Å². The van der Waals surface area contributed by atoms with Crippen LogP contribution in [0.2, 0.25) is 0 Å². The topological polar surface area (TPSA) is 55.6 Å². The summed E-state index contributed by atoms with van der Waals surface area (Å²) in [6.07, 6.45) is 0. The van der Waals surface area contributed by atoms with Gasteiger partial charge in [0.15, 0.2) is 6.61 Å². The number of rotatable bonds is 2. The molecule has 20 heavy (non-hydrogen) atoms. The van der Waals surface area contributed by atoms with Crippen LogP contribution in [0.1, 0.15) is 5.56 Å². The van der Waals surface area contributed by atoms with E-state index in [9.17, 15) is 9.18 Å². The van der Waals surface area contributed by atoms with Gasteiger partial charge in [-0.05, 0) is 24.3 Å². The van der Waals surface area contributed by atoms with Gasteiger partial charge < -0.3 is 15.4 Å². The van der Waals surface area contributed by atoms with Crippen LogP contribution in [0.5, 0.6) is 5.75 Å². The summed E-state index contributed by atoms with van der Waals surface area (Å²) >= 11 is 0. The Balaban J connectivity index is 2.00. The quantitative estimate of drug-likeness (QED) is 0.854. The molecule has 0 atom stereocenters. The monoisotopic (exact) mass is 272 g/mol. The molecular weight excluding hydrogens is 259 g/mol. The zero-order valence-electron chi connectivity index (χ0n) is 10.7. The summed E-state index contributed by atoms with van der Waals surface area (Å²) < 4.78 is 19.2. The van der Waals surface area contributed by atoms with Gasteiger partial charge in [0, 0.05) is 11.3 Å². The molecule has 1 amide bonds. The van der Waals surface area contributed by atoms with E-state index >= 15 is 0 Å². The first-order valence-corrected chi connectivity index (χ1v) is 6.22. The van der Waals surface area contributed by atoms with Gasteiger partial charge >= 0.3 is 0 Å². The van der Waals surface area contributed by atoms with E-state index in [1.807, 2.05) is 6.07 Å². The van der Waals surface area contributed by atoms with Crippen LogP contribution in [0.3, 0.4) is 0 Å². The molecule has 2 aromatic rings. The molecule has 2 N–H and O–H groups in total. The molecule has 0 bridgehead atoms. The lowest BCUT2D eigenvalue weighted by molar-refractivity contribution is -0.121. The minimum Gasteiger partial charge on any atom is -0.482 e. The first kappa shape index (κ1) is 12.5. The highest BCUT2D eigenvalue weighted by Crippen LogP contribution is 2.33. The molecule has 0 spiro atoms. The highest BCUT2D eigenvalue weighted by molar-refractivity contribution is 5.97. The Morgan fingerprint density at radius 3 is 2.80 bits per heavy atom. The number of amides is 1. The molecule has 0 saturated carbocycles. The predicted octanol–water partition coefficient (Wildman–Crippen LogP) is 2.33. The van der Waals surface area contributed by atoms with E-state index in [1.54, 1.807) is 30.3 Å². The van der Waals surface area contributed by atoms with E-state index in [0.717, 1.165) is 0 Å². The van der Waals surface area contributed by atoms with Crippen molar-refractivity contribution in [1.82, 2.24) is 0 Å². The fourth-order valence-electron chi connectivity index (χ4n) is 2.23. The van der Waals surface area contributed by atoms with Crippen molar-refractivity contribution in [2.75, 3.05) is 17.2 Å². The van der Waals surface area contributed by atoms with E-state index in [4.69, 9.17) is 10.5 Å². The fraction of sp³-hybridized carbons (Fsp3) is 0.133. The van der Waals surface area contributed by atoms with Crippen molar-refractivity contribution in [3.63, 3.8) is 0 Å². The van der Waals surface area contributed by atoms with Crippen LogP contribution in [0.25, 0.3) is 0 Å². The summed E-state index contributed by atoms with van der Waals surface area (Å²) in [7, 11) is 0. The zero-order chi connectivity index (χ0) is 14.1. The molecule has 1 heterocycles. The first-order chi connectivity index (χ1) is 9.66. The van der Waals surface area contributed by atoms with E-state index in [-0.39, 0.29) is 19.1 Å². The molecule has 0 radical (unpaired) electrons. The normalized spacial score (nSPS) is 13.8. The molecular formula is C15H13FN2O2. The lowest BCUT2D eigenvalue weighted by Crippen LogP contribution is -2.38. The van der Waals surface area contributed by atoms with Crippen molar-refractivity contribution in [3.8, 4) is 5.75 Å². The van der Waals surface area contributed by atoms with Crippen LogP contribution >= 0.6 is 0 Å². The highest BCUT2D eigenvalue weighted by Gasteiger charge is 2.26. The lowest BCUT2D eigenvalue weighted by Gasteiger charge is -2.29. The van der Waals surface area contributed by atoms with E-state index in [2.05, 4.69) is 0 Å². The third-order valence-electron chi connectivity index (χ3n) is 3.28. The lowest BCUT2D eigenvalue weighted by atomic mass is 10.1. The smallest absolute Gasteiger partial charge is 0.265 e. The minimum absolute atomic E-state index is 0.0502. The van der Waals surface area contributed by atoms with Crippen LogP contribution in [-0.4, -0.2) is 12.5 Å². The number of carbonyl (C=O) groups is 1. The molecule has 4 nitrogen and oxygen atoms in total. The summed E-state index contributed by atoms with van der Waals surface area (Å²) in [4.78, 5) is 13.5. The third-order valence-corrected chi connectivity index (χ3v) is 3.28. The van der Waals surface area contributed by atoms with Crippen LogP contribution < -0.4 is 15.4 Å². The second kappa shape index (κ2) is 4.85. The van der Waals surface area contributed by atoms with Crippen LogP contribution in [-0.2, 0) is 11.3 Å². The average molecular weight is 272 g/mol. The molecule has 0 unspecified atom stereocenters. The molecule has 0 fully saturated rings. The number of hydrogen-bond donors (Lipinski definition) is 1. The second-order valence-electron chi connectivity index (χ2n) is 4.54. The van der Waals surface area contributed by atoms with Gasteiger partial charge in [-0.2, -0.15) is 0 Å². The molecule has 3 rings (SSSR count). The summed E-state index contributed by atoms with van der Waals surface area (Å²) in [5.41, 5.74) is 7.08. The van der Waals surface area contributed by atoms with Crippen LogP contribution in [0, 0.1) is 5.82 Å². The number of nitrogen functional groups attached to an aromatic ring is 1. The van der Waals surface area contributed by atoms with Crippen molar-refractivity contribution in [2.24, 2.45) is 0 Å². The summed E-state index contributed by atoms with van der Waals surface area (Å²) in [6.45, 7) is 0.0447. The number of ether oxygens (including phenoxy) is 1. The van der Waals surface area contributed by atoms with E-state index in [1.165, 1.54) is 11.0 Å². The fourth-order valence-corrected chi connectivity index (χ4v) is 2.23. The molecule has 102 valence electrons. The Kier molecular flexibility index (Phi) is 3.02. The predicted molar refractivity (Wildman–Crippen MR) is 73.9 cm³/mol. The number of para-hydroxylation sites is 2. The maximum atomic E-state index is 13.9. The van der Waals surface area contributed by atoms with Gasteiger partial charge in [0.25, 0.3) is 5.91 Å². The highest BCUT2D eigenvalue weighted by atomic mass is 19.1. The molecule has 1 aliphatic heterocycles. The van der Waals surface area contributed by atoms with E-state index in [0.29, 0.717) is 22.7 Å². The van der Waals surface area contributed by atoms with Crippen molar-refractivity contribution >= 4 is 17.3 Å². The van der Waals surface area contributed by atoms with Crippen molar-refractivity contribution in [3.05, 3.63) is 53.8 Å². The van der Waals surface area contributed by atoms with Crippen LogP contribution in [0.15, 0.2) is 42.5 Å². The maximum Gasteiger partial charge on any atom is 0.265 e. The number of anilines is 2. The van der Waals surface area contributed by atoms with Gasteiger partial charge in [-0.3, -0.25) is 4.79 Å². The van der Waals surface area contributed by atoms with Gasteiger partial charge in [-0.15, -0.1) is 0 Å². The number of halogens is 1. The van der Waals surface area contributed by atoms with Crippen molar-refractivity contribution in [2.45, 2.75) is 6.54 Å². The Morgan fingerprint density at radius 1 is 1.20 bits per heavy atom. The summed E-state index contributed by atoms with van der Waals surface area (Å²) in [5.74, 6) is -0.0184. The van der Waals surface area contributed by atoms with Crippen LogP contribution in [0.4, 0.5) is 15.8 Å². The Morgan fingerprint density at radius 2 is 2.00 bits per heavy atom. The zero-order valence-corrected chi connectivity index (χ0v) is 10.7. The summed E-state index contributed by atoms with van der Waals surface area (Å²) in [6, 6.07) is 11.7. The summed E-state index contributed by atoms with van der Waals surface area (Å²) in [5, 5.41) is 0. The molecule has 0 aliphatic carbocycles. The number of fused-ring (bicyclic) bond motifs is 1. The average Bonchev–Trinajstić information content (AvgIpc) is 2.45. The van der Waals surface area contributed by atoms with Gasteiger partial charge in [-0.1, -0.05) is 18.2 Å². The SMILES string of the molecule is Nc1cccc(F)c1CN1C(=O)COc2ccccc21. The van der Waals surface area contributed by atoms with E-state index < -0.39 is 5.82 Å². The molecule has 5 heteroatoms. The number of nitrogens with two attached hydrogens (primary N) is 1. The number of hydrogen-bond acceptors (Lipinski definition) is 3. The minimum atomic E-state index is -0.415. The Bertz CT molecular complexity index is 652. The number of benzene rings is 2. The largest absolute Gasteiger partial charge is 0.482 e. The molecule has 0 saturated heterocycles. The van der Waals surface area contributed by atoms with Gasteiger partial charge in [-0.25, -0.2) is 4.39 Å². The molecule has 0 aromatic heterocycles. The van der Waals surface area contributed by atoms with Gasteiger partial charge in [0.1, 0.15) is 11.6 Å². The Hall–Kier alpha value is -2.56. The standard InChI is InChI=1S/C15H13FN2O2/c16-11-4-3-5-12(17)10(11)8-18-13-6-1-2-7-14(13)20-9-15(18)19/h1-7H,8-9,17H2. The second-order valence-corrected chi connectivity index (χ2v) is 4.54. The Labute approximate surface area is 115 Å².